The Kier molecular flexibility index (Phi) is 5.96. The zero-order valence-corrected chi connectivity index (χ0v) is 15.9. The van der Waals surface area contributed by atoms with Crippen molar-refractivity contribution in [2.45, 2.75) is 6.92 Å². The van der Waals surface area contributed by atoms with Gasteiger partial charge >= 0.3 is 5.97 Å². The van der Waals surface area contributed by atoms with Gasteiger partial charge in [-0.2, -0.15) is 4.98 Å². The van der Waals surface area contributed by atoms with Crippen LogP contribution in [-0.2, 0) is 4.79 Å². The molecule has 0 spiro atoms. The predicted octanol–water partition coefficient (Wildman–Crippen LogP) is 4.25. The molecule has 7 nitrogen and oxygen atoms in total. The van der Waals surface area contributed by atoms with Gasteiger partial charge in [0.15, 0.2) is 18.1 Å². The Morgan fingerprint density at radius 2 is 2.04 bits per heavy atom. The molecule has 0 unspecified atom stereocenters. The van der Waals surface area contributed by atoms with Crippen LogP contribution in [0.5, 0.6) is 11.5 Å². The van der Waals surface area contributed by atoms with Crippen molar-refractivity contribution in [1.29, 1.82) is 0 Å². The van der Waals surface area contributed by atoms with Gasteiger partial charge in [0.25, 0.3) is 5.89 Å². The molecule has 0 fully saturated rings. The average molecular weight is 401 g/mol. The molecule has 0 saturated carbocycles. The number of halogens is 1. The summed E-state index contributed by atoms with van der Waals surface area (Å²) in [4.78, 5) is 15.0. The number of aliphatic carboxylic acids is 1. The number of carboxylic acids is 1. The lowest BCUT2D eigenvalue weighted by Crippen LogP contribution is -2.10. The highest BCUT2D eigenvalue weighted by Gasteiger charge is 2.14. The van der Waals surface area contributed by atoms with Crippen LogP contribution in [0.25, 0.3) is 22.5 Å². The van der Waals surface area contributed by atoms with E-state index in [0.29, 0.717) is 22.9 Å². The summed E-state index contributed by atoms with van der Waals surface area (Å²) in [5, 5.41) is 13.0. The second kappa shape index (κ2) is 8.58. The van der Waals surface area contributed by atoms with Crippen LogP contribution in [-0.4, -0.2) is 34.9 Å². The molecule has 0 saturated heterocycles. The summed E-state index contributed by atoms with van der Waals surface area (Å²) in [6.45, 7) is 1.50. The molecule has 144 valence electrons. The predicted molar refractivity (Wildman–Crippen MR) is 104 cm³/mol. The summed E-state index contributed by atoms with van der Waals surface area (Å²) in [5.41, 5.74) is 2.58. The smallest absolute Gasteiger partial charge is 0.341 e. The first-order valence-corrected chi connectivity index (χ1v) is 8.65. The van der Waals surface area contributed by atoms with E-state index in [1.807, 2.05) is 31.2 Å². The first-order chi connectivity index (χ1) is 13.5. The Morgan fingerprint density at radius 3 is 2.75 bits per heavy atom. The molecule has 2 aromatic carbocycles. The second-order valence-corrected chi connectivity index (χ2v) is 6.23. The van der Waals surface area contributed by atoms with E-state index in [-0.39, 0.29) is 10.9 Å². The molecule has 1 heterocycles. The minimum Gasteiger partial charge on any atom is -0.493 e. The minimum absolute atomic E-state index is 0.185. The number of methoxy groups -OCH3 is 1. The van der Waals surface area contributed by atoms with E-state index in [0.717, 1.165) is 11.1 Å². The van der Waals surface area contributed by atoms with Crippen LogP contribution in [0.4, 0.5) is 0 Å². The van der Waals surface area contributed by atoms with Crippen molar-refractivity contribution >= 4 is 28.7 Å². The third-order valence-electron chi connectivity index (χ3n) is 3.85. The van der Waals surface area contributed by atoms with E-state index in [1.165, 1.54) is 7.11 Å². The Bertz CT molecular complexity index is 1030. The molecular weight excluding hydrogens is 384 g/mol. The quantitative estimate of drug-likeness (QED) is 0.633. The molecule has 0 atom stereocenters. The van der Waals surface area contributed by atoms with Gasteiger partial charge in [-0.25, -0.2) is 4.79 Å². The maximum atomic E-state index is 10.7. The lowest BCUT2D eigenvalue weighted by molar-refractivity contribution is -0.139. The Balaban J connectivity index is 1.84. The molecule has 8 heteroatoms. The van der Waals surface area contributed by atoms with Crippen LogP contribution in [0.15, 0.2) is 47.0 Å². The molecule has 0 aliphatic carbocycles. The number of carbonyl (C=O) groups is 1. The number of hydrogen-bond donors (Lipinski definition) is 1. The highest BCUT2D eigenvalue weighted by molar-refractivity contribution is 6.50. The van der Waals surface area contributed by atoms with E-state index in [4.69, 9.17) is 30.7 Å². The summed E-state index contributed by atoms with van der Waals surface area (Å²) in [5.74, 6) is 0.262. The van der Waals surface area contributed by atoms with Crippen molar-refractivity contribution in [1.82, 2.24) is 10.1 Å². The van der Waals surface area contributed by atoms with Gasteiger partial charge < -0.3 is 19.1 Å². The van der Waals surface area contributed by atoms with E-state index < -0.39 is 12.6 Å². The zero-order chi connectivity index (χ0) is 20.1. The van der Waals surface area contributed by atoms with Crippen LogP contribution >= 0.6 is 11.6 Å². The molecule has 1 N–H and O–H groups in total. The van der Waals surface area contributed by atoms with Crippen molar-refractivity contribution in [3.05, 3.63) is 59.5 Å². The fourth-order valence-electron chi connectivity index (χ4n) is 2.49. The Morgan fingerprint density at radius 1 is 1.25 bits per heavy atom. The third kappa shape index (κ3) is 4.50. The van der Waals surface area contributed by atoms with Gasteiger partial charge in [-0.3, -0.25) is 0 Å². The standard InChI is InChI=1S/C20H17ClN2O5/c1-12-5-3-4-6-14(12)19-22-20(28-23-19)15(21)9-13-7-8-16(17(10-13)26-2)27-11-18(24)25/h3-10H,11H2,1-2H3,(H,24,25)/b15-9-. The highest BCUT2D eigenvalue weighted by atomic mass is 35.5. The summed E-state index contributed by atoms with van der Waals surface area (Å²) in [7, 11) is 1.46. The molecule has 0 amide bonds. The van der Waals surface area contributed by atoms with E-state index in [1.54, 1.807) is 24.3 Å². The number of aryl methyl sites for hydroxylation is 1. The molecule has 0 aliphatic heterocycles. The molecule has 28 heavy (non-hydrogen) atoms. The molecular formula is C20H17ClN2O5. The van der Waals surface area contributed by atoms with Gasteiger partial charge in [-0.1, -0.05) is 47.1 Å². The second-order valence-electron chi connectivity index (χ2n) is 5.82. The van der Waals surface area contributed by atoms with Gasteiger partial charge in [0.05, 0.1) is 7.11 Å². The maximum Gasteiger partial charge on any atom is 0.341 e. The summed E-state index contributed by atoms with van der Waals surface area (Å²) < 4.78 is 15.7. The number of ether oxygens (including phenoxy) is 2. The number of hydrogen-bond acceptors (Lipinski definition) is 6. The molecule has 0 bridgehead atoms. The Labute approximate surface area is 166 Å². The van der Waals surface area contributed by atoms with Crippen LogP contribution in [0.1, 0.15) is 17.0 Å². The van der Waals surface area contributed by atoms with E-state index in [2.05, 4.69) is 10.1 Å². The summed E-state index contributed by atoms with van der Waals surface area (Å²) in [6, 6.07) is 12.7. The highest BCUT2D eigenvalue weighted by Crippen LogP contribution is 2.31. The van der Waals surface area contributed by atoms with E-state index >= 15 is 0 Å². The Hall–Kier alpha value is -3.32. The van der Waals surface area contributed by atoms with Gasteiger partial charge in [-0.15, -0.1) is 0 Å². The number of nitrogens with zero attached hydrogens (tertiary/aromatic N) is 2. The molecule has 3 rings (SSSR count). The van der Waals surface area contributed by atoms with Crippen molar-refractivity contribution < 1.29 is 23.9 Å². The zero-order valence-electron chi connectivity index (χ0n) is 15.2. The summed E-state index contributed by atoms with van der Waals surface area (Å²) >= 11 is 6.33. The molecule has 3 aromatic rings. The van der Waals surface area contributed by atoms with E-state index in [9.17, 15) is 4.79 Å². The molecule has 0 aliphatic rings. The summed E-state index contributed by atoms with van der Waals surface area (Å²) in [6.07, 6.45) is 1.64. The van der Waals surface area contributed by atoms with Crippen LogP contribution in [0, 0.1) is 6.92 Å². The minimum atomic E-state index is -1.07. The van der Waals surface area contributed by atoms with Gasteiger partial charge in [0, 0.05) is 5.56 Å². The number of rotatable bonds is 7. The van der Waals surface area contributed by atoms with Crippen LogP contribution in [0.2, 0.25) is 0 Å². The monoisotopic (exact) mass is 400 g/mol. The largest absolute Gasteiger partial charge is 0.493 e. The lowest BCUT2D eigenvalue weighted by Gasteiger charge is -2.09. The SMILES string of the molecule is COc1cc(/C=C(\Cl)c2nc(-c3ccccc3C)no2)ccc1OCC(=O)O. The first-order valence-electron chi connectivity index (χ1n) is 8.28. The number of aromatic nitrogens is 2. The third-order valence-corrected chi connectivity index (χ3v) is 4.12. The van der Waals surface area contributed by atoms with Crippen LogP contribution < -0.4 is 9.47 Å². The molecule has 0 radical (unpaired) electrons. The number of carboxylic acid groups (broad SMARTS) is 1. The van der Waals surface area contributed by atoms with Gasteiger partial charge in [0.1, 0.15) is 5.03 Å². The normalized spacial score (nSPS) is 11.3. The maximum absolute atomic E-state index is 10.7. The topological polar surface area (TPSA) is 94.7 Å². The molecule has 1 aromatic heterocycles. The van der Waals surface area contributed by atoms with Crippen molar-refractivity contribution in [2.75, 3.05) is 13.7 Å². The fourth-order valence-corrected chi connectivity index (χ4v) is 2.70. The number of benzene rings is 2. The van der Waals surface area contributed by atoms with Gasteiger partial charge in [0.2, 0.25) is 5.82 Å². The first kappa shape index (κ1) is 19.4. The van der Waals surface area contributed by atoms with Crippen molar-refractivity contribution in [3.8, 4) is 22.9 Å². The van der Waals surface area contributed by atoms with Crippen LogP contribution in [0.3, 0.4) is 0 Å². The van der Waals surface area contributed by atoms with Gasteiger partial charge in [-0.05, 0) is 36.3 Å². The van der Waals surface area contributed by atoms with Crippen molar-refractivity contribution in [3.63, 3.8) is 0 Å². The van der Waals surface area contributed by atoms with Crippen molar-refractivity contribution in [2.24, 2.45) is 0 Å². The lowest BCUT2D eigenvalue weighted by atomic mass is 10.1. The average Bonchev–Trinajstić information content (AvgIpc) is 3.17. The fraction of sp³-hybridized carbons (Fsp3) is 0.150.